The molecule has 0 aromatic heterocycles. The molecule has 2 saturated carbocycles. The second kappa shape index (κ2) is 6.75. The van der Waals surface area contributed by atoms with Crippen molar-refractivity contribution in [3.05, 3.63) is 42.0 Å². The minimum atomic E-state index is 0.0637. The van der Waals surface area contributed by atoms with Crippen molar-refractivity contribution >= 4 is 22.9 Å². The Kier molecular flexibility index (Phi) is 4.43. The molecule has 26 heavy (non-hydrogen) atoms. The summed E-state index contributed by atoms with van der Waals surface area (Å²) in [6, 6.07) is 12.1. The molecule has 0 spiro atoms. The van der Waals surface area contributed by atoms with Crippen LogP contribution in [0.25, 0.3) is 10.8 Å². The number of hydrogen-bond acceptors (Lipinski definition) is 3. The smallest absolute Gasteiger partial charge is 0.244 e. The largest absolute Gasteiger partial charge is 0.493 e. The lowest BCUT2D eigenvalue weighted by atomic mass is 9.90. The Bertz CT molecular complexity index is 860. The van der Waals surface area contributed by atoms with Crippen molar-refractivity contribution in [2.24, 2.45) is 22.4 Å². The molecule has 0 unspecified atom stereocenters. The number of nitrogens with one attached hydrogen (secondary N) is 1. The van der Waals surface area contributed by atoms with Crippen LogP contribution >= 0.6 is 0 Å². The summed E-state index contributed by atoms with van der Waals surface area (Å²) in [5.41, 5.74) is 3.89. The average molecular weight is 350 g/mol. The van der Waals surface area contributed by atoms with Gasteiger partial charge in [0.05, 0.1) is 12.8 Å². The van der Waals surface area contributed by atoms with E-state index >= 15 is 0 Å². The molecule has 0 bridgehead atoms. The van der Waals surface area contributed by atoms with Gasteiger partial charge in [0.15, 0.2) is 0 Å². The molecule has 4 rings (SSSR count). The van der Waals surface area contributed by atoms with E-state index in [2.05, 4.69) is 29.6 Å². The normalized spacial score (nSPS) is 27.3. The van der Waals surface area contributed by atoms with Gasteiger partial charge in [0, 0.05) is 11.5 Å². The summed E-state index contributed by atoms with van der Waals surface area (Å²) in [5, 5.41) is 6.48. The monoisotopic (exact) mass is 350 g/mol. The highest BCUT2D eigenvalue weighted by molar-refractivity contribution is 6.02. The first-order chi connectivity index (χ1) is 12.6. The first-order valence-corrected chi connectivity index (χ1v) is 9.62. The molecule has 0 aliphatic heterocycles. The van der Waals surface area contributed by atoms with E-state index in [0.29, 0.717) is 12.5 Å². The second-order valence-electron chi connectivity index (χ2n) is 7.70. The van der Waals surface area contributed by atoms with Crippen LogP contribution in [0.15, 0.2) is 41.5 Å². The second-order valence-corrected chi connectivity index (χ2v) is 7.70. The van der Waals surface area contributed by atoms with E-state index in [0.717, 1.165) is 28.5 Å². The minimum absolute atomic E-state index is 0.0637. The molecule has 2 aromatic rings. The third kappa shape index (κ3) is 2.87. The molecule has 2 aliphatic carbocycles. The van der Waals surface area contributed by atoms with Crippen LogP contribution in [0.5, 0.6) is 5.75 Å². The number of hydrogen-bond donors (Lipinski definition) is 1. The van der Waals surface area contributed by atoms with Crippen LogP contribution in [0, 0.1) is 17.3 Å². The number of fused-ring (bicyclic) bond motifs is 2. The predicted molar refractivity (Wildman–Crippen MR) is 104 cm³/mol. The van der Waals surface area contributed by atoms with Crippen LogP contribution in [-0.4, -0.2) is 18.7 Å². The number of rotatable bonds is 5. The zero-order chi connectivity index (χ0) is 18.1. The highest BCUT2D eigenvalue weighted by Crippen LogP contribution is 2.66. The molecule has 2 fully saturated rings. The fourth-order valence-electron chi connectivity index (χ4n) is 4.77. The SMILES string of the molecule is CCOc1ccc2ccccc2c1/C=N/NC(=O)[C@@H]1[C@@H]2CCCC[C@]12C. The Hall–Kier alpha value is -2.36. The van der Waals surface area contributed by atoms with Crippen molar-refractivity contribution in [1.29, 1.82) is 0 Å². The summed E-state index contributed by atoms with van der Waals surface area (Å²) in [4.78, 5) is 12.6. The lowest BCUT2D eigenvalue weighted by Gasteiger charge is -2.15. The maximum absolute atomic E-state index is 12.6. The Morgan fingerprint density at radius 3 is 2.92 bits per heavy atom. The van der Waals surface area contributed by atoms with Gasteiger partial charge in [0.1, 0.15) is 5.75 Å². The van der Waals surface area contributed by atoms with Crippen molar-refractivity contribution < 1.29 is 9.53 Å². The Balaban J connectivity index is 1.53. The van der Waals surface area contributed by atoms with E-state index in [4.69, 9.17) is 4.74 Å². The van der Waals surface area contributed by atoms with Crippen LogP contribution in [0.2, 0.25) is 0 Å². The maximum atomic E-state index is 12.6. The van der Waals surface area contributed by atoms with Gasteiger partial charge in [-0.25, -0.2) is 5.43 Å². The van der Waals surface area contributed by atoms with Gasteiger partial charge in [-0.05, 0) is 47.9 Å². The number of ether oxygens (including phenoxy) is 1. The van der Waals surface area contributed by atoms with E-state index in [-0.39, 0.29) is 17.2 Å². The van der Waals surface area contributed by atoms with Gasteiger partial charge in [0.25, 0.3) is 0 Å². The number of nitrogens with zero attached hydrogens (tertiary/aromatic N) is 1. The Morgan fingerprint density at radius 2 is 2.15 bits per heavy atom. The molecule has 1 N–H and O–H groups in total. The van der Waals surface area contributed by atoms with E-state index in [9.17, 15) is 4.79 Å². The zero-order valence-corrected chi connectivity index (χ0v) is 15.5. The summed E-state index contributed by atoms with van der Waals surface area (Å²) in [7, 11) is 0. The van der Waals surface area contributed by atoms with Gasteiger partial charge in [-0.2, -0.15) is 5.10 Å². The molecule has 0 heterocycles. The number of hydrazone groups is 1. The van der Waals surface area contributed by atoms with Gasteiger partial charge in [-0.1, -0.05) is 50.1 Å². The highest BCUT2D eigenvalue weighted by Gasteiger charge is 2.64. The van der Waals surface area contributed by atoms with Gasteiger partial charge in [-0.3, -0.25) is 4.79 Å². The molecular weight excluding hydrogens is 324 g/mol. The number of carbonyl (C=O) groups is 1. The van der Waals surface area contributed by atoms with Crippen LogP contribution in [0.1, 0.15) is 45.1 Å². The van der Waals surface area contributed by atoms with Crippen LogP contribution in [0.4, 0.5) is 0 Å². The molecule has 2 aliphatic rings. The van der Waals surface area contributed by atoms with Crippen molar-refractivity contribution in [3.63, 3.8) is 0 Å². The minimum Gasteiger partial charge on any atom is -0.493 e. The van der Waals surface area contributed by atoms with E-state index in [1.807, 2.05) is 31.2 Å². The lowest BCUT2D eigenvalue weighted by Crippen LogP contribution is -2.22. The molecule has 136 valence electrons. The topological polar surface area (TPSA) is 50.7 Å². The Morgan fingerprint density at radius 1 is 1.31 bits per heavy atom. The zero-order valence-electron chi connectivity index (χ0n) is 15.5. The van der Waals surface area contributed by atoms with E-state index < -0.39 is 0 Å². The first-order valence-electron chi connectivity index (χ1n) is 9.62. The quantitative estimate of drug-likeness (QED) is 0.637. The summed E-state index contributed by atoms with van der Waals surface area (Å²) in [6.07, 6.45) is 6.56. The maximum Gasteiger partial charge on any atom is 0.244 e. The van der Waals surface area contributed by atoms with Crippen LogP contribution in [0.3, 0.4) is 0 Å². The fraction of sp³-hybridized carbons (Fsp3) is 0.455. The summed E-state index contributed by atoms with van der Waals surface area (Å²) in [5.74, 6) is 1.52. The van der Waals surface area contributed by atoms with Crippen LogP contribution < -0.4 is 10.2 Å². The predicted octanol–water partition coefficient (Wildman–Crippen LogP) is 4.51. The van der Waals surface area contributed by atoms with Gasteiger partial charge < -0.3 is 4.74 Å². The molecule has 1 amide bonds. The summed E-state index contributed by atoms with van der Waals surface area (Å²) >= 11 is 0. The van der Waals surface area contributed by atoms with Crippen LogP contribution in [-0.2, 0) is 4.79 Å². The van der Waals surface area contributed by atoms with Crippen molar-refractivity contribution in [2.75, 3.05) is 6.61 Å². The third-order valence-electron chi connectivity index (χ3n) is 6.21. The standard InChI is InChI=1S/C22H26N2O2/c1-3-26-19-12-11-15-8-4-5-9-16(15)17(19)14-23-24-21(25)20-18-10-6-7-13-22(18,20)2/h4-5,8-9,11-12,14,18,20H,3,6-7,10,13H2,1-2H3,(H,24,25)/b23-14+/t18-,20-,22-/m0/s1. The van der Waals surface area contributed by atoms with Gasteiger partial charge >= 0.3 is 0 Å². The molecule has 4 nitrogen and oxygen atoms in total. The first kappa shape index (κ1) is 17.1. The number of benzene rings is 2. The Labute approximate surface area is 154 Å². The molecule has 0 radical (unpaired) electrons. The lowest BCUT2D eigenvalue weighted by molar-refractivity contribution is -0.123. The molecule has 4 heteroatoms. The summed E-state index contributed by atoms with van der Waals surface area (Å²) in [6.45, 7) is 4.81. The highest BCUT2D eigenvalue weighted by atomic mass is 16.5. The van der Waals surface area contributed by atoms with Crippen molar-refractivity contribution in [2.45, 2.75) is 39.5 Å². The molecule has 2 aromatic carbocycles. The van der Waals surface area contributed by atoms with Gasteiger partial charge in [0.2, 0.25) is 5.91 Å². The summed E-state index contributed by atoms with van der Waals surface area (Å²) < 4.78 is 5.75. The third-order valence-corrected chi connectivity index (χ3v) is 6.21. The van der Waals surface area contributed by atoms with E-state index in [1.165, 1.54) is 19.3 Å². The van der Waals surface area contributed by atoms with Crippen molar-refractivity contribution in [3.8, 4) is 5.75 Å². The fourth-order valence-corrected chi connectivity index (χ4v) is 4.77. The molecule has 3 atom stereocenters. The number of amides is 1. The molecule has 0 saturated heterocycles. The van der Waals surface area contributed by atoms with Crippen molar-refractivity contribution in [1.82, 2.24) is 5.43 Å². The molecular formula is C22H26N2O2. The number of carbonyl (C=O) groups excluding carboxylic acids is 1. The average Bonchev–Trinajstić information content (AvgIpc) is 3.29. The van der Waals surface area contributed by atoms with Gasteiger partial charge in [-0.15, -0.1) is 0 Å². The van der Waals surface area contributed by atoms with E-state index in [1.54, 1.807) is 6.21 Å².